The largest absolute Gasteiger partial charge is 0.507 e. The predicted octanol–water partition coefficient (Wildman–Crippen LogP) is 6.37. The first-order valence-electron chi connectivity index (χ1n) is 11.2. The van der Waals surface area contributed by atoms with Crippen molar-refractivity contribution in [2.75, 3.05) is 11.5 Å². The first-order valence-corrected chi connectivity index (χ1v) is 13.6. The Hall–Kier alpha value is -2.90. The molecule has 0 aromatic heterocycles. The van der Waals surface area contributed by atoms with Gasteiger partial charge in [-0.1, -0.05) is 69.3 Å². The maximum atomic E-state index is 12.2. The van der Waals surface area contributed by atoms with Gasteiger partial charge in [-0.05, 0) is 40.8 Å². The monoisotopic (exact) mass is 510 g/mol. The summed E-state index contributed by atoms with van der Waals surface area (Å²) in [6.07, 6.45) is 0. The lowest BCUT2D eigenvalue weighted by molar-refractivity contribution is -0.132. The van der Waals surface area contributed by atoms with Gasteiger partial charge in [0, 0.05) is 17.1 Å². The third-order valence-electron chi connectivity index (χ3n) is 4.97. The molecule has 0 radical (unpaired) electrons. The number of benzene rings is 3. The van der Waals surface area contributed by atoms with Crippen molar-refractivity contribution in [3.05, 3.63) is 89.5 Å². The number of esters is 2. The molecule has 3 aromatic carbocycles. The van der Waals surface area contributed by atoms with Crippen LogP contribution in [0.4, 0.5) is 0 Å². The van der Waals surface area contributed by atoms with Crippen molar-refractivity contribution < 1.29 is 24.2 Å². The summed E-state index contributed by atoms with van der Waals surface area (Å²) in [7, 11) is 0. The summed E-state index contributed by atoms with van der Waals surface area (Å²) in [6.45, 7) is 6.14. The third-order valence-corrected chi connectivity index (χ3v) is 6.90. The number of hydrogen-bond donors (Lipinski definition) is 1. The fourth-order valence-electron chi connectivity index (χ4n) is 3.32. The molecular formula is C28H30O5S2. The number of carbonyl (C=O) groups is 2. The van der Waals surface area contributed by atoms with Gasteiger partial charge in [-0.2, -0.15) is 0 Å². The minimum Gasteiger partial charge on any atom is -0.507 e. The molecule has 3 rings (SSSR count). The lowest BCUT2D eigenvalue weighted by atomic mass is 9.84. The highest BCUT2D eigenvalue weighted by molar-refractivity contribution is 7.99. The van der Waals surface area contributed by atoms with Gasteiger partial charge < -0.3 is 14.6 Å². The first-order chi connectivity index (χ1) is 16.7. The smallest absolute Gasteiger partial charge is 0.321 e. The summed E-state index contributed by atoms with van der Waals surface area (Å²) in [5.41, 5.74) is 2.35. The summed E-state index contributed by atoms with van der Waals surface area (Å²) in [5, 5.41) is 10.9. The average molecular weight is 511 g/mol. The molecule has 0 spiro atoms. The number of thioether (sulfide) groups is 2. The van der Waals surface area contributed by atoms with E-state index in [0.29, 0.717) is 23.0 Å². The van der Waals surface area contributed by atoms with Crippen LogP contribution >= 0.6 is 23.5 Å². The molecule has 0 atom stereocenters. The Balaban J connectivity index is 1.59. The quantitative estimate of drug-likeness (QED) is 0.251. The highest BCUT2D eigenvalue weighted by Crippen LogP contribution is 2.37. The van der Waals surface area contributed by atoms with E-state index in [9.17, 15) is 14.7 Å². The van der Waals surface area contributed by atoms with Crippen molar-refractivity contribution in [3.63, 3.8) is 0 Å². The first kappa shape index (κ1) is 26.7. The zero-order chi connectivity index (χ0) is 25.3. The van der Waals surface area contributed by atoms with E-state index in [-0.39, 0.29) is 34.6 Å². The molecule has 0 aliphatic carbocycles. The van der Waals surface area contributed by atoms with Crippen LogP contribution in [0.5, 0.6) is 17.2 Å². The molecule has 0 bridgehead atoms. The molecule has 0 heterocycles. The van der Waals surface area contributed by atoms with Gasteiger partial charge in [0.2, 0.25) is 0 Å². The van der Waals surface area contributed by atoms with Gasteiger partial charge >= 0.3 is 11.9 Å². The summed E-state index contributed by atoms with van der Waals surface area (Å²) in [6, 6.07) is 21.9. The van der Waals surface area contributed by atoms with Gasteiger partial charge in [-0.15, -0.1) is 23.5 Å². The highest BCUT2D eigenvalue weighted by atomic mass is 32.2. The van der Waals surface area contributed by atoms with Gasteiger partial charge in [0.05, 0.1) is 11.5 Å². The number of para-hydroxylation sites is 2. The number of rotatable bonds is 10. The van der Waals surface area contributed by atoms with Crippen LogP contribution in [0.2, 0.25) is 0 Å². The van der Waals surface area contributed by atoms with Crippen LogP contribution in [0.1, 0.15) is 37.5 Å². The van der Waals surface area contributed by atoms with Gasteiger partial charge in [0.15, 0.2) is 0 Å². The van der Waals surface area contributed by atoms with E-state index in [4.69, 9.17) is 9.47 Å². The molecule has 5 nitrogen and oxygen atoms in total. The highest BCUT2D eigenvalue weighted by Gasteiger charge is 2.22. The van der Waals surface area contributed by atoms with E-state index in [1.807, 2.05) is 69.3 Å². The van der Waals surface area contributed by atoms with Crippen molar-refractivity contribution >= 4 is 35.5 Å². The maximum Gasteiger partial charge on any atom is 0.321 e. The van der Waals surface area contributed by atoms with E-state index >= 15 is 0 Å². The average Bonchev–Trinajstić information content (AvgIpc) is 2.81. The Kier molecular flexibility index (Phi) is 9.69. The zero-order valence-corrected chi connectivity index (χ0v) is 21.8. The Morgan fingerprint density at radius 2 is 1.26 bits per heavy atom. The number of phenols is 1. The van der Waals surface area contributed by atoms with Crippen LogP contribution in [0, 0.1) is 0 Å². The number of hydrogen-bond acceptors (Lipinski definition) is 7. The summed E-state index contributed by atoms with van der Waals surface area (Å²) in [4.78, 5) is 24.3. The molecule has 184 valence electrons. The zero-order valence-electron chi connectivity index (χ0n) is 20.2. The second-order valence-electron chi connectivity index (χ2n) is 8.96. The van der Waals surface area contributed by atoms with E-state index < -0.39 is 0 Å². The predicted molar refractivity (Wildman–Crippen MR) is 143 cm³/mol. The summed E-state index contributed by atoms with van der Waals surface area (Å²) in [5.74, 6) is 2.11. The fourth-order valence-corrected chi connectivity index (χ4v) is 4.82. The lowest BCUT2D eigenvalue weighted by Gasteiger charge is -2.23. The van der Waals surface area contributed by atoms with Gasteiger partial charge in [0.25, 0.3) is 0 Å². The molecule has 35 heavy (non-hydrogen) atoms. The molecule has 1 N–H and O–H groups in total. The van der Waals surface area contributed by atoms with E-state index in [1.54, 1.807) is 24.3 Å². The number of phenolic OH excluding ortho intramolecular Hbond substituents is 1. The van der Waals surface area contributed by atoms with E-state index in [2.05, 4.69) is 0 Å². The van der Waals surface area contributed by atoms with Crippen LogP contribution in [0.3, 0.4) is 0 Å². The van der Waals surface area contributed by atoms with Gasteiger partial charge in [-0.25, -0.2) is 0 Å². The van der Waals surface area contributed by atoms with Crippen LogP contribution in [0.15, 0.2) is 72.8 Å². The molecule has 0 aliphatic rings. The summed E-state index contributed by atoms with van der Waals surface area (Å²) < 4.78 is 10.7. The van der Waals surface area contributed by atoms with Crippen molar-refractivity contribution in [1.82, 2.24) is 0 Å². The molecule has 0 aliphatic heterocycles. The summed E-state index contributed by atoms with van der Waals surface area (Å²) >= 11 is 2.85. The second kappa shape index (κ2) is 12.7. The van der Waals surface area contributed by atoms with Gasteiger partial charge in [0.1, 0.15) is 17.2 Å². The van der Waals surface area contributed by atoms with Crippen LogP contribution in [-0.4, -0.2) is 28.6 Å². The van der Waals surface area contributed by atoms with Crippen molar-refractivity contribution in [2.45, 2.75) is 37.7 Å². The minimum absolute atomic E-state index is 0.170. The standard InChI is InChI=1S/C28H30O5S2/c1-28(2,3)24-15-20(16-34-18-25(29)32-22-10-6-4-7-11-22)14-21(27(24)31)17-35-19-26(30)33-23-12-8-5-9-13-23/h4-15,31H,16-19H2,1-3H3. The topological polar surface area (TPSA) is 72.8 Å². The second-order valence-corrected chi connectivity index (χ2v) is 10.9. The molecule has 0 fully saturated rings. The molecule has 3 aromatic rings. The molecule has 0 saturated heterocycles. The Labute approximate surface area is 215 Å². The Morgan fingerprint density at radius 1 is 0.771 bits per heavy atom. The molecule has 0 amide bonds. The third kappa shape index (κ3) is 8.67. The number of aromatic hydroxyl groups is 1. The lowest BCUT2D eigenvalue weighted by Crippen LogP contribution is -2.14. The molecular weight excluding hydrogens is 480 g/mol. The van der Waals surface area contributed by atoms with Crippen LogP contribution in [0.25, 0.3) is 0 Å². The van der Waals surface area contributed by atoms with E-state index in [0.717, 1.165) is 16.7 Å². The number of carbonyl (C=O) groups excluding carboxylic acids is 2. The van der Waals surface area contributed by atoms with Crippen LogP contribution < -0.4 is 9.47 Å². The fraction of sp³-hybridized carbons (Fsp3) is 0.286. The maximum absolute atomic E-state index is 12.2. The van der Waals surface area contributed by atoms with Crippen molar-refractivity contribution in [1.29, 1.82) is 0 Å². The number of ether oxygens (including phenoxy) is 2. The Morgan fingerprint density at radius 3 is 1.74 bits per heavy atom. The normalized spacial score (nSPS) is 11.2. The molecule has 0 unspecified atom stereocenters. The minimum atomic E-state index is -0.333. The molecule has 7 heteroatoms. The molecule has 0 saturated carbocycles. The van der Waals surface area contributed by atoms with Crippen molar-refractivity contribution in [2.24, 2.45) is 0 Å². The van der Waals surface area contributed by atoms with E-state index in [1.165, 1.54) is 23.5 Å². The van der Waals surface area contributed by atoms with Crippen LogP contribution in [-0.2, 0) is 26.5 Å². The van der Waals surface area contributed by atoms with Crippen molar-refractivity contribution in [3.8, 4) is 17.2 Å². The van der Waals surface area contributed by atoms with Gasteiger partial charge in [-0.3, -0.25) is 9.59 Å². The Bertz CT molecular complexity index is 1130. The SMILES string of the molecule is CC(C)(C)c1cc(CSCC(=O)Oc2ccccc2)cc(CSCC(=O)Oc2ccccc2)c1O.